The Bertz CT molecular complexity index is 1500. The van der Waals surface area contributed by atoms with Crippen LogP contribution in [0.2, 0.25) is 0 Å². The van der Waals surface area contributed by atoms with Crippen molar-refractivity contribution in [3.63, 3.8) is 0 Å². The second-order valence-corrected chi connectivity index (χ2v) is 11.2. The molecule has 1 aliphatic rings. The van der Waals surface area contributed by atoms with Gasteiger partial charge < -0.3 is 14.6 Å². The summed E-state index contributed by atoms with van der Waals surface area (Å²) < 4.78 is 13.3. The minimum Gasteiger partial charge on any atom is -0.508 e. The van der Waals surface area contributed by atoms with Crippen LogP contribution in [0.4, 0.5) is 0 Å². The summed E-state index contributed by atoms with van der Waals surface area (Å²) in [5.41, 5.74) is 4.79. The maximum absolute atomic E-state index is 9.86. The summed E-state index contributed by atoms with van der Waals surface area (Å²) in [6, 6.07) is 32.7. The number of likely N-dealkylation sites (tertiary alicyclic amines) is 1. The Balaban J connectivity index is 1.22. The summed E-state index contributed by atoms with van der Waals surface area (Å²) in [5, 5.41) is 11.1. The van der Waals surface area contributed by atoms with Crippen LogP contribution in [0.3, 0.4) is 0 Å². The fourth-order valence-electron chi connectivity index (χ4n) is 5.19. The molecule has 0 spiro atoms. The molecular formula is C34H33NO3S. The highest BCUT2D eigenvalue weighted by Gasteiger charge is 2.16. The number of aromatic hydroxyl groups is 1. The van der Waals surface area contributed by atoms with E-state index in [0.717, 1.165) is 42.2 Å². The number of fused-ring (bicyclic) bond motifs is 1. The monoisotopic (exact) mass is 535 g/mol. The molecule has 198 valence electrons. The predicted octanol–water partition coefficient (Wildman–Crippen LogP) is 7.92. The van der Waals surface area contributed by atoms with Crippen molar-refractivity contribution in [3.05, 3.63) is 114 Å². The summed E-state index contributed by atoms with van der Waals surface area (Å²) >= 11 is 1.77. The highest BCUT2D eigenvalue weighted by molar-refractivity contribution is 7.22. The largest absolute Gasteiger partial charge is 0.508 e. The van der Waals surface area contributed by atoms with Crippen LogP contribution in [0.15, 0.2) is 97.1 Å². The van der Waals surface area contributed by atoms with Gasteiger partial charge in [-0.2, -0.15) is 0 Å². The normalized spacial score (nSPS) is 13.6. The summed E-state index contributed by atoms with van der Waals surface area (Å²) in [4.78, 5) is 3.69. The van der Waals surface area contributed by atoms with Crippen molar-refractivity contribution in [2.45, 2.75) is 25.9 Å². The van der Waals surface area contributed by atoms with E-state index in [1.807, 2.05) is 30.3 Å². The molecule has 39 heavy (non-hydrogen) atoms. The fraction of sp³-hybridized carbons (Fsp3) is 0.235. The highest BCUT2D eigenvalue weighted by Crippen LogP contribution is 2.41. The van der Waals surface area contributed by atoms with Crippen molar-refractivity contribution in [3.8, 4) is 27.7 Å². The first-order valence-corrected chi connectivity index (χ1v) is 14.5. The van der Waals surface area contributed by atoms with Crippen molar-refractivity contribution in [2.75, 3.05) is 26.2 Å². The van der Waals surface area contributed by atoms with Gasteiger partial charge in [0.2, 0.25) is 0 Å². The van der Waals surface area contributed by atoms with Crippen molar-refractivity contribution in [1.29, 1.82) is 0 Å². The molecule has 0 saturated carbocycles. The molecule has 5 heteroatoms. The van der Waals surface area contributed by atoms with Gasteiger partial charge in [0.15, 0.2) is 0 Å². The van der Waals surface area contributed by atoms with Crippen LogP contribution >= 0.6 is 11.3 Å². The van der Waals surface area contributed by atoms with Gasteiger partial charge in [-0.15, -0.1) is 11.3 Å². The molecule has 1 aromatic heterocycles. The summed E-state index contributed by atoms with van der Waals surface area (Å²) in [5.74, 6) is 2.07. The fourth-order valence-corrected chi connectivity index (χ4v) is 6.44. The van der Waals surface area contributed by atoms with Crippen molar-refractivity contribution < 1.29 is 14.6 Å². The van der Waals surface area contributed by atoms with Gasteiger partial charge in [0.05, 0.1) is 0 Å². The van der Waals surface area contributed by atoms with Crippen LogP contribution < -0.4 is 9.47 Å². The number of phenols is 1. The van der Waals surface area contributed by atoms with E-state index in [9.17, 15) is 5.11 Å². The number of hydrogen-bond donors (Lipinski definition) is 1. The van der Waals surface area contributed by atoms with E-state index < -0.39 is 0 Å². The molecule has 0 radical (unpaired) electrons. The van der Waals surface area contributed by atoms with E-state index in [2.05, 4.69) is 59.5 Å². The van der Waals surface area contributed by atoms with Crippen LogP contribution in [-0.2, 0) is 13.0 Å². The molecule has 4 aromatic carbocycles. The van der Waals surface area contributed by atoms with Gasteiger partial charge in [-0.05, 0) is 115 Å². The van der Waals surface area contributed by atoms with Crippen molar-refractivity contribution in [2.24, 2.45) is 0 Å². The predicted molar refractivity (Wildman–Crippen MR) is 160 cm³/mol. The highest BCUT2D eigenvalue weighted by atomic mass is 32.1. The van der Waals surface area contributed by atoms with E-state index in [4.69, 9.17) is 9.47 Å². The molecule has 4 nitrogen and oxygen atoms in total. The van der Waals surface area contributed by atoms with Gasteiger partial charge in [-0.1, -0.05) is 42.5 Å². The third-order valence-corrected chi connectivity index (χ3v) is 8.57. The lowest BCUT2D eigenvalue weighted by atomic mass is 9.99. The number of benzene rings is 4. The molecule has 2 heterocycles. The lowest BCUT2D eigenvalue weighted by molar-refractivity contribution is 0.238. The SMILES string of the molecule is Oc1ccc(-c2sc3cc(OCc4ccccc4)ccc3c2Cc2ccc(OCCN3CCCC3)cc2)cc1. The zero-order chi connectivity index (χ0) is 26.4. The van der Waals surface area contributed by atoms with E-state index >= 15 is 0 Å². The quantitative estimate of drug-likeness (QED) is 0.197. The maximum atomic E-state index is 9.86. The van der Waals surface area contributed by atoms with E-state index in [1.54, 1.807) is 23.5 Å². The van der Waals surface area contributed by atoms with Gasteiger partial charge in [0.25, 0.3) is 0 Å². The lowest BCUT2D eigenvalue weighted by Gasteiger charge is -2.15. The molecule has 6 rings (SSSR count). The molecule has 1 N–H and O–H groups in total. The summed E-state index contributed by atoms with van der Waals surface area (Å²) in [7, 11) is 0. The Morgan fingerprint density at radius 1 is 0.744 bits per heavy atom. The Morgan fingerprint density at radius 3 is 2.26 bits per heavy atom. The number of hydrogen-bond acceptors (Lipinski definition) is 5. The van der Waals surface area contributed by atoms with Gasteiger partial charge in [0, 0.05) is 16.1 Å². The Kier molecular flexibility index (Phi) is 7.80. The third kappa shape index (κ3) is 6.27. The number of ether oxygens (including phenoxy) is 2. The minimum absolute atomic E-state index is 0.276. The van der Waals surface area contributed by atoms with Crippen LogP contribution in [0.1, 0.15) is 29.5 Å². The summed E-state index contributed by atoms with van der Waals surface area (Å²) in [6.45, 7) is 4.66. The lowest BCUT2D eigenvalue weighted by Crippen LogP contribution is -2.25. The average molecular weight is 536 g/mol. The molecule has 5 aromatic rings. The van der Waals surface area contributed by atoms with E-state index in [1.165, 1.54) is 52.0 Å². The van der Waals surface area contributed by atoms with Crippen LogP contribution in [0.25, 0.3) is 20.5 Å². The Hall–Kier alpha value is -3.80. The average Bonchev–Trinajstić information content (AvgIpc) is 3.62. The van der Waals surface area contributed by atoms with Gasteiger partial charge in [0.1, 0.15) is 30.5 Å². The van der Waals surface area contributed by atoms with Gasteiger partial charge >= 0.3 is 0 Å². The molecule has 0 unspecified atom stereocenters. The molecule has 1 fully saturated rings. The Morgan fingerprint density at radius 2 is 1.49 bits per heavy atom. The first-order chi connectivity index (χ1) is 19.2. The second-order valence-electron chi connectivity index (χ2n) is 10.1. The topological polar surface area (TPSA) is 41.9 Å². The number of rotatable bonds is 10. The van der Waals surface area contributed by atoms with Crippen LogP contribution in [-0.4, -0.2) is 36.2 Å². The molecule has 0 bridgehead atoms. The first kappa shape index (κ1) is 25.5. The standard InChI is InChI=1S/C34H33NO3S/c36-28-12-10-27(11-13-28)34-32(22-25-8-14-29(15-9-25)37-21-20-35-18-4-5-19-35)31-17-16-30(23-33(31)39-34)38-24-26-6-2-1-3-7-26/h1-3,6-17,23,36H,4-5,18-22,24H2. The van der Waals surface area contributed by atoms with Crippen LogP contribution in [0, 0.1) is 0 Å². The molecular weight excluding hydrogens is 502 g/mol. The zero-order valence-corrected chi connectivity index (χ0v) is 22.8. The molecule has 0 atom stereocenters. The molecule has 0 aliphatic carbocycles. The maximum Gasteiger partial charge on any atom is 0.121 e. The van der Waals surface area contributed by atoms with E-state index in [0.29, 0.717) is 6.61 Å². The first-order valence-electron chi connectivity index (χ1n) is 13.7. The van der Waals surface area contributed by atoms with Crippen molar-refractivity contribution >= 4 is 21.4 Å². The smallest absolute Gasteiger partial charge is 0.121 e. The third-order valence-electron chi connectivity index (χ3n) is 7.32. The molecule has 0 amide bonds. The van der Waals surface area contributed by atoms with Crippen LogP contribution in [0.5, 0.6) is 17.2 Å². The number of nitrogens with zero attached hydrogens (tertiary/aromatic N) is 1. The van der Waals surface area contributed by atoms with Gasteiger partial charge in [-0.25, -0.2) is 0 Å². The van der Waals surface area contributed by atoms with Crippen molar-refractivity contribution in [1.82, 2.24) is 4.90 Å². The second kappa shape index (κ2) is 11.9. The van der Waals surface area contributed by atoms with E-state index in [-0.39, 0.29) is 5.75 Å². The molecule has 1 aliphatic heterocycles. The minimum atomic E-state index is 0.276. The number of thiophene rings is 1. The zero-order valence-electron chi connectivity index (χ0n) is 22.0. The Labute approximate surface area is 234 Å². The van der Waals surface area contributed by atoms with Gasteiger partial charge in [-0.3, -0.25) is 4.90 Å². The number of phenolic OH excluding ortho intramolecular Hbond substituents is 1. The molecule has 1 saturated heterocycles. The summed E-state index contributed by atoms with van der Waals surface area (Å²) in [6.07, 6.45) is 3.43.